The topological polar surface area (TPSA) is 130 Å². The summed E-state index contributed by atoms with van der Waals surface area (Å²) >= 11 is 0. The number of nitrogens with zero attached hydrogens (tertiary/aromatic N) is 1. The van der Waals surface area contributed by atoms with E-state index in [2.05, 4.69) is 12.8 Å². The van der Waals surface area contributed by atoms with Gasteiger partial charge in [0.1, 0.15) is 4.86 Å². The Kier molecular flexibility index (Phi) is 10.2. The number of likely N-dealkylation sites (tertiary alicyclic amines) is 1. The summed E-state index contributed by atoms with van der Waals surface area (Å²) in [6.07, 6.45) is 3.59. The SMILES string of the molecule is CCCCCN1CCCC(=S(=O)=O)C1(OCc1ccccc1)C(=O)O.NO. The van der Waals surface area contributed by atoms with Crippen LogP contribution in [0, 0.1) is 0 Å². The zero-order valence-corrected chi connectivity index (χ0v) is 16.3. The van der Waals surface area contributed by atoms with Gasteiger partial charge in [0.25, 0.3) is 5.72 Å². The molecule has 0 aliphatic carbocycles. The second kappa shape index (κ2) is 11.8. The smallest absolute Gasteiger partial charge is 0.357 e. The molecule has 0 spiro atoms. The van der Waals surface area contributed by atoms with Crippen LogP contribution in [0.3, 0.4) is 0 Å². The van der Waals surface area contributed by atoms with Gasteiger partial charge in [0.2, 0.25) is 10.3 Å². The Morgan fingerprint density at radius 3 is 2.48 bits per heavy atom. The average molecular weight is 400 g/mol. The second-order valence-corrected chi connectivity index (χ2v) is 7.14. The standard InChI is InChI=1S/C18H25NO5S.H3NO/c1-2-3-7-12-19-13-8-11-16(25(22)23)18(19,17(20)21)24-14-15-9-5-4-6-10-15;1-2/h4-6,9-10H,2-3,7-8,11-14H2,1H3,(H,20,21);2H,1H2. The number of carboxylic acid groups (broad SMARTS) is 1. The molecule has 27 heavy (non-hydrogen) atoms. The number of nitrogens with two attached hydrogens (primary N) is 1. The maximum atomic E-state index is 12.2. The molecule has 8 nitrogen and oxygen atoms in total. The van der Waals surface area contributed by atoms with Crippen molar-refractivity contribution < 1.29 is 28.3 Å². The maximum Gasteiger partial charge on any atom is 0.357 e. The molecule has 1 aliphatic rings. The van der Waals surface area contributed by atoms with Gasteiger partial charge in [0.15, 0.2) is 0 Å². The van der Waals surface area contributed by atoms with Gasteiger partial charge in [0, 0.05) is 13.1 Å². The normalized spacial score (nSPS) is 19.9. The minimum absolute atomic E-state index is 0.0398. The molecule has 0 saturated carbocycles. The van der Waals surface area contributed by atoms with Crippen LogP contribution >= 0.6 is 0 Å². The predicted octanol–water partition coefficient (Wildman–Crippen LogP) is 1.66. The number of unbranched alkanes of at least 4 members (excludes halogenated alkanes) is 2. The number of rotatable bonds is 8. The maximum absolute atomic E-state index is 12.2. The van der Waals surface area contributed by atoms with E-state index in [1.807, 2.05) is 30.3 Å². The summed E-state index contributed by atoms with van der Waals surface area (Å²) in [6.45, 7) is 3.11. The number of piperidine rings is 1. The van der Waals surface area contributed by atoms with Gasteiger partial charge in [-0.25, -0.2) is 10.7 Å². The van der Waals surface area contributed by atoms with Crippen molar-refractivity contribution in [2.45, 2.75) is 51.4 Å². The van der Waals surface area contributed by atoms with Crippen molar-refractivity contribution in [2.24, 2.45) is 5.90 Å². The zero-order chi connectivity index (χ0) is 20.3. The van der Waals surface area contributed by atoms with E-state index in [-0.39, 0.29) is 17.9 Å². The van der Waals surface area contributed by atoms with Gasteiger partial charge >= 0.3 is 5.97 Å². The highest BCUT2D eigenvalue weighted by Crippen LogP contribution is 2.29. The van der Waals surface area contributed by atoms with Crippen molar-refractivity contribution in [1.29, 1.82) is 0 Å². The number of hydrogen-bond acceptors (Lipinski definition) is 7. The highest BCUT2D eigenvalue weighted by molar-refractivity contribution is 7.73. The number of aliphatic carboxylic acids is 1. The fourth-order valence-electron chi connectivity index (χ4n) is 3.20. The van der Waals surface area contributed by atoms with Crippen LogP contribution in [0.4, 0.5) is 0 Å². The number of ether oxygens (including phenoxy) is 1. The second-order valence-electron chi connectivity index (χ2n) is 6.18. The molecule has 1 unspecified atom stereocenters. The lowest BCUT2D eigenvalue weighted by Gasteiger charge is -2.43. The highest BCUT2D eigenvalue weighted by Gasteiger charge is 2.52. The largest absolute Gasteiger partial charge is 0.478 e. The van der Waals surface area contributed by atoms with Crippen LogP contribution in [0.25, 0.3) is 0 Å². The molecule has 152 valence electrons. The lowest BCUT2D eigenvalue weighted by Crippen LogP contribution is -2.64. The molecule has 2 rings (SSSR count). The van der Waals surface area contributed by atoms with Crippen molar-refractivity contribution in [3.05, 3.63) is 35.9 Å². The number of benzene rings is 1. The summed E-state index contributed by atoms with van der Waals surface area (Å²) < 4.78 is 29.3. The van der Waals surface area contributed by atoms with Crippen LogP contribution < -0.4 is 5.90 Å². The van der Waals surface area contributed by atoms with Gasteiger partial charge in [-0.2, -0.15) is 8.42 Å². The fourth-order valence-corrected chi connectivity index (χ4v) is 4.01. The summed E-state index contributed by atoms with van der Waals surface area (Å²) in [6, 6.07) is 9.18. The fraction of sp³-hybridized carbons (Fsp3) is 0.556. The van der Waals surface area contributed by atoms with E-state index in [1.54, 1.807) is 4.90 Å². The molecule has 1 fully saturated rings. The molecule has 1 aromatic rings. The lowest BCUT2D eigenvalue weighted by molar-refractivity contribution is -0.183. The first-order valence-corrected chi connectivity index (χ1v) is 9.97. The number of carbonyl (C=O) groups is 1. The van der Waals surface area contributed by atoms with Gasteiger partial charge in [0.05, 0.1) is 6.61 Å². The number of hydrogen-bond donors (Lipinski definition) is 3. The van der Waals surface area contributed by atoms with E-state index in [0.717, 1.165) is 24.8 Å². The molecule has 0 aromatic heterocycles. The molecule has 0 radical (unpaired) electrons. The van der Waals surface area contributed by atoms with Crippen LogP contribution in [0.2, 0.25) is 0 Å². The third-order valence-electron chi connectivity index (χ3n) is 4.47. The molecule has 4 N–H and O–H groups in total. The summed E-state index contributed by atoms with van der Waals surface area (Å²) in [5.41, 5.74) is -1.10. The third kappa shape index (κ3) is 5.85. The first-order chi connectivity index (χ1) is 13.0. The zero-order valence-electron chi connectivity index (χ0n) is 15.5. The van der Waals surface area contributed by atoms with Crippen LogP contribution in [-0.4, -0.2) is 53.3 Å². The van der Waals surface area contributed by atoms with E-state index < -0.39 is 22.0 Å². The minimum atomic E-state index is -2.61. The van der Waals surface area contributed by atoms with Crippen LogP contribution in [-0.2, 0) is 26.4 Å². The Morgan fingerprint density at radius 1 is 1.26 bits per heavy atom. The third-order valence-corrected chi connectivity index (χ3v) is 5.35. The van der Waals surface area contributed by atoms with Crippen LogP contribution in [0.1, 0.15) is 44.6 Å². The van der Waals surface area contributed by atoms with Crippen molar-refractivity contribution >= 4 is 21.1 Å². The predicted molar refractivity (Wildman–Crippen MR) is 102 cm³/mol. The molecule has 1 aliphatic heterocycles. The molecule has 0 amide bonds. The first-order valence-electron chi connectivity index (χ1n) is 8.90. The molecule has 1 aromatic carbocycles. The van der Waals surface area contributed by atoms with E-state index in [9.17, 15) is 18.3 Å². The average Bonchev–Trinajstić information content (AvgIpc) is 2.69. The van der Waals surface area contributed by atoms with Crippen molar-refractivity contribution in [1.82, 2.24) is 4.90 Å². The van der Waals surface area contributed by atoms with Crippen LogP contribution in [0.5, 0.6) is 0 Å². The molecule has 1 atom stereocenters. The Morgan fingerprint density at radius 2 is 1.93 bits per heavy atom. The molecule has 0 bridgehead atoms. The lowest BCUT2D eigenvalue weighted by atomic mass is 9.96. The molecular weight excluding hydrogens is 372 g/mol. The van der Waals surface area contributed by atoms with Gasteiger partial charge in [-0.15, -0.1) is 0 Å². The minimum Gasteiger partial charge on any atom is -0.478 e. The van der Waals surface area contributed by atoms with E-state index >= 15 is 0 Å². The van der Waals surface area contributed by atoms with Crippen LogP contribution in [0.15, 0.2) is 30.3 Å². The first kappa shape index (κ1) is 23.3. The highest BCUT2D eigenvalue weighted by atomic mass is 32.2. The molecule has 9 heteroatoms. The van der Waals surface area contributed by atoms with Crippen molar-refractivity contribution in [2.75, 3.05) is 13.1 Å². The van der Waals surface area contributed by atoms with Gasteiger partial charge in [-0.3, -0.25) is 4.90 Å². The Bertz CT molecular complexity index is 715. The van der Waals surface area contributed by atoms with Crippen molar-refractivity contribution in [3.8, 4) is 0 Å². The Balaban J connectivity index is 0.00000176. The van der Waals surface area contributed by atoms with E-state index in [4.69, 9.17) is 9.94 Å². The van der Waals surface area contributed by atoms with Gasteiger partial charge in [-0.05, 0) is 24.8 Å². The van der Waals surface area contributed by atoms with Gasteiger partial charge in [-0.1, -0.05) is 50.1 Å². The van der Waals surface area contributed by atoms with Crippen molar-refractivity contribution in [3.63, 3.8) is 0 Å². The molecule has 1 heterocycles. The number of carboxylic acids is 1. The Labute approximate surface area is 161 Å². The summed E-state index contributed by atoms with van der Waals surface area (Å²) in [4.78, 5) is 13.8. The summed E-state index contributed by atoms with van der Waals surface area (Å²) in [5.74, 6) is 2.24. The molecule has 1 saturated heterocycles. The van der Waals surface area contributed by atoms with Gasteiger partial charge < -0.3 is 15.1 Å². The van der Waals surface area contributed by atoms with E-state index in [0.29, 0.717) is 19.5 Å². The van der Waals surface area contributed by atoms with E-state index in [1.165, 1.54) is 0 Å². The monoisotopic (exact) mass is 400 g/mol. The Hall–Kier alpha value is -1.78. The quantitative estimate of drug-likeness (QED) is 0.341. The molecular formula is C18H28N2O6S. The summed E-state index contributed by atoms with van der Waals surface area (Å²) in [7, 11) is -2.61. The summed E-state index contributed by atoms with van der Waals surface area (Å²) in [5, 5.41) is 16.5.